The molecule has 0 spiro atoms. The predicted molar refractivity (Wildman–Crippen MR) is 49.2 cm³/mol. The minimum absolute atomic E-state index is 0.165. The summed E-state index contributed by atoms with van der Waals surface area (Å²) in [5, 5.41) is 17.7. The number of amidine groups is 1. The van der Waals surface area contributed by atoms with E-state index in [0.29, 0.717) is 10.9 Å². The Kier molecular flexibility index (Phi) is 1.80. The number of rotatable bonds is 0. The van der Waals surface area contributed by atoms with Gasteiger partial charge in [0.1, 0.15) is 5.70 Å². The summed E-state index contributed by atoms with van der Waals surface area (Å²) >= 11 is 1.42. The average molecular weight is 200 g/mol. The van der Waals surface area contributed by atoms with Gasteiger partial charge >= 0.3 is 6.03 Å². The molecule has 0 aromatic carbocycles. The van der Waals surface area contributed by atoms with Gasteiger partial charge in [-0.15, -0.1) is 0 Å². The number of carbonyl (C=O) groups excluding carboxylic acids is 1. The molecule has 0 aromatic heterocycles. The van der Waals surface area contributed by atoms with Crippen molar-refractivity contribution < 1.29 is 9.90 Å². The first-order valence-electron chi connectivity index (χ1n) is 3.60. The molecule has 0 fully saturated rings. The molecular weight excluding hydrogens is 192 g/mol. The lowest BCUT2D eigenvalue weighted by molar-refractivity contribution is 0.227. The number of nitrogens with one attached hydrogen (secondary N) is 3. The molecule has 2 aliphatic rings. The third-order valence-corrected chi connectivity index (χ3v) is 2.30. The Morgan fingerprint density at radius 1 is 1.54 bits per heavy atom. The van der Waals surface area contributed by atoms with Crippen LogP contribution in [0, 0.1) is 0 Å². The van der Waals surface area contributed by atoms with Gasteiger partial charge in [0.25, 0.3) is 0 Å². The minimum Gasteiger partial charge on any atom is -0.493 e. The van der Waals surface area contributed by atoms with Crippen LogP contribution in [0.5, 0.6) is 0 Å². The Morgan fingerprint density at radius 3 is 3.00 bits per heavy atom. The first kappa shape index (κ1) is 8.24. The van der Waals surface area contributed by atoms with Crippen molar-refractivity contribution in [2.75, 3.05) is 6.26 Å². The van der Waals surface area contributed by atoms with Crippen molar-refractivity contribution in [2.45, 2.75) is 6.17 Å². The Hall–Kier alpha value is -1.37. The van der Waals surface area contributed by atoms with Crippen molar-refractivity contribution in [2.24, 2.45) is 4.99 Å². The number of aliphatic imine (C=N–C) groups is 1. The van der Waals surface area contributed by atoms with Gasteiger partial charge in [0.05, 0.1) is 0 Å². The second-order valence-corrected chi connectivity index (χ2v) is 3.32. The molecule has 2 amide bonds. The molecule has 7 heteroatoms. The Balaban J connectivity index is 2.29. The number of hydrogen-bond acceptors (Lipinski definition) is 5. The van der Waals surface area contributed by atoms with Gasteiger partial charge in [-0.25, -0.2) is 9.79 Å². The van der Waals surface area contributed by atoms with Crippen LogP contribution in [-0.4, -0.2) is 28.7 Å². The first-order valence-corrected chi connectivity index (χ1v) is 4.82. The van der Waals surface area contributed by atoms with E-state index in [0.717, 1.165) is 0 Å². The van der Waals surface area contributed by atoms with Crippen LogP contribution in [-0.2, 0) is 0 Å². The van der Waals surface area contributed by atoms with E-state index < -0.39 is 12.2 Å². The summed E-state index contributed by atoms with van der Waals surface area (Å²) in [6.07, 6.45) is 1.38. The number of hydrogen-bond donors (Lipinski definition) is 4. The molecule has 0 radical (unpaired) electrons. The summed E-state index contributed by atoms with van der Waals surface area (Å²) in [5.41, 5.74) is 0.490. The van der Waals surface area contributed by atoms with Gasteiger partial charge in [-0.05, 0) is 6.26 Å². The Labute approximate surface area is 78.5 Å². The van der Waals surface area contributed by atoms with E-state index >= 15 is 0 Å². The zero-order valence-corrected chi connectivity index (χ0v) is 7.60. The number of fused-ring (bicyclic) bond motifs is 1. The van der Waals surface area contributed by atoms with Crippen LogP contribution in [0.25, 0.3) is 0 Å². The predicted octanol–water partition coefficient (Wildman–Crippen LogP) is -0.325. The fourth-order valence-electron chi connectivity index (χ4n) is 1.13. The van der Waals surface area contributed by atoms with Gasteiger partial charge in [0.2, 0.25) is 5.88 Å². The van der Waals surface area contributed by atoms with Crippen molar-refractivity contribution in [1.82, 2.24) is 16.0 Å². The second kappa shape index (κ2) is 2.84. The van der Waals surface area contributed by atoms with Crippen molar-refractivity contribution in [3.63, 3.8) is 0 Å². The maximum absolute atomic E-state index is 10.9. The van der Waals surface area contributed by atoms with Crippen LogP contribution in [0.4, 0.5) is 4.79 Å². The van der Waals surface area contributed by atoms with Crippen LogP contribution >= 0.6 is 11.8 Å². The third-order valence-electron chi connectivity index (χ3n) is 1.71. The highest BCUT2D eigenvalue weighted by Gasteiger charge is 2.31. The van der Waals surface area contributed by atoms with E-state index in [1.807, 2.05) is 6.26 Å². The molecule has 2 rings (SSSR count). The molecule has 0 saturated heterocycles. The number of thioether (sulfide) groups is 1. The highest BCUT2D eigenvalue weighted by molar-refractivity contribution is 8.13. The molecule has 0 aromatic rings. The third kappa shape index (κ3) is 1.31. The largest absolute Gasteiger partial charge is 0.493 e. The summed E-state index contributed by atoms with van der Waals surface area (Å²) in [5.74, 6) is -0.165. The molecular formula is C6H8N4O2S. The van der Waals surface area contributed by atoms with E-state index in [9.17, 15) is 9.90 Å². The smallest absolute Gasteiger partial charge is 0.323 e. The van der Waals surface area contributed by atoms with Crippen LogP contribution in [0.1, 0.15) is 0 Å². The number of amides is 2. The van der Waals surface area contributed by atoms with E-state index in [1.165, 1.54) is 11.8 Å². The van der Waals surface area contributed by atoms with Gasteiger partial charge in [-0.3, -0.25) is 5.32 Å². The van der Waals surface area contributed by atoms with Gasteiger partial charge in [0, 0.05) is 0 Å². The van der Waals surface area contributed by atoms with Crippen LogP contribution in [0.15, 0.2) is 16.6 Å². The summed E-state index contributed by atoms with van der Waals surface area (Å²) in [6, 6.07) is -0.445. The zero-order valence-electron chi connectivity index (χ0n) is 6.79. The molecule has 0 bridgehead atoms. The van der Waals surface area contributed by atoms with Crippen molar-refractivity contribution in [3.05, 3.63) is 11.6 Å². The fraction of sp³-hybridized carbons (Fsp3) is 0.333. The van der Waals surface area contributed by atoms with Crippen molar-refractivity contribution in [1.29, 1.82) is 0 Å². The SMILES string of the molecule is CSC1=NC2NC(=O)NC(O)=C2N1. The summed E-state index contributed by atoms with van der Waals surface area (Å²) in [7, 11) is 0. The molecule has 0 saturated carbocycles. The lowest BCUT2D eigenvalue weighted by atomic mass is 10.3. The summed E-state index contributed by atoms with van der Waals surface area (Å²) < 4.78 is 0. The molecule has 2 aliphatic heterocycles. The quantitative estimate of drug-likeness (QED) is 0.431. The molecule has 4 N–H and O–H groups in total. The molecule has 1 unspecified atom stereocenters. The van der Waals surface area contributed by atoms with Crippen LogP contribution < -0.4 is 16.0 Å². The highest BCUT2D eigenvalue weighted by Crippen LogP contribution is 2.17. The number of urea groups is 1. The second-order valence-electron chi connectivity index (χ2n) is 2.53. The lowest BCUT2D eigenvalue weighted by Crippen LogP contribution is -2.48. The van der Waals surface area contributed by atoms with E-state index in [1.54, 1.807) is 0 Å². The van der Waals surface area contributed by atoms with Gasteiger partial charge < -0.3 is 15.7 Å². The first-order chi connectivity index (χ1) is 6.20. The van der Waals surface area contributed by atoms with E-state index in [4.69, 9.17) is 0 Å². The van der Waals surface area contributed by atoms with Crippen molar-refractivity contribution in [3.8, 4) is 0 Å². The van der Waals surface area contributed by atoms with Gasteiger partial charge in [-0.2, -0.15) is 0 Å². The maximum atomic E-state index is 10.9. The maximum Gasteiger partial charge on any atom is 0.323 e. The summed E-state index contributed by atoms with van der Waals surface area (Å²) in [6.45, 7) is 0. The standard InChI is InChI=1S/C6H8N4O2S/c1-13-6-7-2-3(9-6)8-5(12)10-4(2)11/h3,11H,1H3,(H,7,9)(H2,8,10,12). The minimum atomic E-state index is -0.476. The number of carbonyl (C=O) groups is 1. The zero-order chi connectivity index (χ0) is 9.42. The average Bonchev–Trinajstić information content (AvgIpc) is 2.47. The molecule has 2 heterocycles. The van der Waals surface area contributed by atoms with Crippen LogP contribution in [0.2, 0.25) is 0 Å². The normalized spacial score (nSPS) is 25.8. The van der Waals surface area contributed by atoms with E-state index in [2.05, 4.69) is 20.9 Å². The monoisotopic (exact) mass is 200 g/mol. The Bertz CT molecular complexity index is 325. The van der Waals surface area contributed by atoms with Crippen LogP contribution in [0.3, 0.4) is 0 Å². The van der Waals surface area contributed by atoms with E-state index in [-0.39, 0.29) is 5.88 Å². The lowest BCUT2D eigenvalue weighted by Gasteiger charge is -2.19. The molecule has 6 nitrogen and oxygen atoms in total. The number of aliphatic hydroxyl groups excluding tert-OH is 1. The topological polar surface area (TPSA) is 85.8 Å². The number of nitrogens with zero attached hydrogens (tertiary/aromatic N) is 1. The summed E-state index contributed by atoms with van der Waals surface area (Å²) in [4.78, 5) is 15.0. The molecule has 1 atom stereocenters. The van der Waals surface area contributed by atoms with Crippen molar-refractivity contribution >= 4 is 23.0 Å². The van der Waals surface area contributed by atoms with Gasteiger partial charge in [0.15, 0.2) is 11.3 Å². The highest BCUT2D eigenvalue weighted by atomic mass is 32.2. The van der Waals surface area contributed by atoms with Gasteiger partial charge in [-0.1, -0.05) is 11.8 Å². The Morgan fingerprint density at radius 2 is 2.31 bits per heavy atom. The fourth-order valence-corrected chi connectivity index (χ4v) is 1.55. The molecule has 0 aliphatic carbocycles. The molecule has 70 valence electrons. The molecule has 13 heavy (non-hydrogen) atoms. The number of aliphatic hydroxyl groups is 1.